The molecule has 1 aromatic carbocycles. The van der Waals surface area contributed by atoms with Crippen LogP contribution in [0.15, 0.2) is 24.3 Å². The summed E-state index contributed by atoms with van der Waals surface area (Å²) in [6.45, 7) is 3.50. The molecule has 6 heteroatoms. The molecule has 1 heterocycles. The first-order valence-electron chi connectivity index (χ1n) is 7.41. The second kappa shape index (κ2) is 7.24. The second-order valence-electron chi connectivity index (χ2n) is 5.47. The van der Waals surface area contributed by atoms with Crippen molar-refractivity contribution in [1.29, 1.82) is 0 Å². The maximum atomic E-state index is 12.7. The van der Waals surface area contributed by atoms with E-state index in [-0.39, 0.29) is 11.9 Å². The van der Waals surface area contributed by atoms with Gasteiger partial charge in [0.15, 0.2) is 0 Å². The summed E-state index contributed by atoms with van der Waals surface area (Å²) in [5, 5.41) is 0. The molecule has 0 radical (unpaired) electrons. The minimum atomic E-state index is -3.40. The summed E-state index contributed by atoms with van der Waals surface area (Å²) >= 11 is 0. The van der Waals surface area contributed by atoms with Crippen molar-refractivity contribution in [3.8, 4) is 0 Å². The van der Waals surface area contributed by atoms with Crippen molar-refractivity contribution < 1.29 is 13.2 Å². The lowest BCUT2D eigenvalue weighted by molar-refractivity contribution is 0.127. The normalized spacial score (nSPS) is 18.9. The third-order valence-corrected chi connectivity index (χ3v) is 5.47. The zero-order valence-electron chi connectivity index (χ0n) is 12.5. The van der Waals surface area contributed by atoms with Gasteiger partial charge in [-0.1, -0.05) is 12.1 Å². The van der Waals surface area contributed by atoms with Crippen molar-refractivity contribution in [2.75, 3.05) is 29.8 Å². The lowest BCUT2D eigenvalue weighted by atomic mass is 10.2. The molecule has 1 aromatic rings. The Bertz CT molecular complexity index is 554. The van der Waals surface area contributed by atoms with E-state index in [9.17, 15) is 8.42 Å². The molecule has 5 nitrogen and oxygen atoms in total. The number of nitrogens with zero attached hydrogens (tertiary/aromatic N) is 1. The van der Waals surface area contributed by atoms with Gasteiger partial charge in [-0.3, -0.25) is 4.31 Å². The van der Waals surface area contributed by atoms with E-state index in [2.05, 4.69) is 0 Å². The molecule has 0 bridgehead atoms. The van der Waals surface area contributed by atoms with Gasteiger partial charge in [0.05, 0.1) is 17.5 Å². The summed E-state index contributed by atoms with van der Waals surface area (Å²) in [5.74, 6) is 0.0471. The predicted octanol–water partition coefficient (Wildman–Crippen LogP) is 1.66. The van der Waals surface area contributed by atoms with Crippen LogP contribution in [0.25, 0.3) is 0 Å². The van der Waals surface area contributed by atoms with Gasteiger partial charge < -0.3 is 10.5 Å². The Kier molecular flexibility index (Phi) is 5.61. The lowest BCUT2D eigenvalue weighted by Crippen LogP contribution is -2.38. The van der Waals surface area contributed by atoms with E-state index in [1.165, 1.54) is 4.31 Å². The smallest absolute Gasteiger partial charge is 0.237 e. The number of rotatable bonds is 7. The largest absolute Gasteiger partial charge is 0.377 e. The molecule has 0 spiro atoms. The zero-order valence-corrected chi connectivity index (χ0v) is 13.3. The van der Waals surface area contributed by atoms with Gasteiger partial charge >= 0.3 is 0 Å². The van der Waals surface area contributed by atoms with E-state index in [0.29, 0.717) is 31.8 Å². The molecular weight excluding hydrogens is 288 g/mol. The highest BCUT2D eigenvalue weighted by Gasteiger charge is 2.28. The molecule has 0 amide bonds. The van der Waals surface area contributed by atoms with Crippen LogP contribution in [-0.2, 0) is 14.8 Å². The fourth-order valence-electron chi connectivity index (χ4n) is 2.55. The molecule has 1 aliphatic rings. The number of hydrogen-bond acceptors (Lipinski definition) is 4. The first kappa shape index (κ1) is 16.3. The van der Waals surface area contributed by atoms with Crippen LogP contribution in [-0.4, -0.2) is 40.0 Å². The third kappa shape index (κ3) is 4.43. The average molecular weight is 312 g/mol. The molecule has 2 N–H and O–H groups in total. The predicted molar refractivity (Wildman–Crippen MR) is 85.0 cm³/mol. The van der Waals surface area contributed by atoms with Crippen molar-refractivity contribution in [3.63, 3.8) is 0 Å². The Labute approximate surface area is 127 Å². The molecule has 0 aliphatic carbocycles. The van der Waals surface area contributed by atoms with Gasteiger partial charge in [0, 0.05) is 13.2 Å². The topological polar surface area (TPSA) is 72.6 Å². The molecule has 118 valence electrons. The third-order valence-electron chi connectivity index (χ3n) is 3.61. The number of benzene rings is 1. The molecule has 1 atom stereocenters. The summed E-state index contributed by atoms with van der Waals surface area (Å²) in [6, 6.07) is 7.55. The van der Waals surface area contributed by atoms with Gasteiger partial charge in [-0.25, -0.2) is 8.42 Å². The number of anilines is 1. The fourth-order valence-corrected chi connectivity index (χ4v) is 4.30. The number of sulfonamides is 1. The van der Waals surface area contributed by atoms with Crippen molar-refractivity contribution in [1.82, 2.24) is 0 Å². The summed E-state index contributed by atoms with van der Waals surface area (Å²) in [6.07, 6.45) is 2.21. The quantitative estimate of drug-likeness (QED) is 0.831. The van der Waals surface area contributed by atoms with E-state index in [1.54, 1.807) is 0 Å². The van der Waals surface area contributed by atoms with Crippen LogP contribution >= 0.6 is 0 Å². The van der Waals surface area contributed by atoms with Crippen LogP contribution in [0, 0.1) is 6.92 Å². The molecule has 0 aromatic heterocycles. The van der Waals surface area contributed by atoms with Gasteiger partial charge in [-0.2, -0.15) is 0 Å². The van der Waals surface area contributed by atoms with E-state index >= 15 is 0 Å². The standard InChI is InChI=1S/C15H24N2O3S/c1-13-5-2-6-14(11-13)17(9-4-8-16)21(18,19)12-15-7-3-10-20-15/h2,5-6,11,15H,3-4,7-10,12,16H2,1H3. The van der Waals surface area contributed by atoms with Crippen LogP contribution in [0.3, 0.4) is 0 Å². The maximum absolute atomic E-state index is 12.7. The SMILES string of the molecule is Cc1cccc(N(CCCN)S(=O)(=O)CC2CCCO2)c1. The van der Waals surface area contributed by atoms with Crippen LogP contribution in [0.5, 0.6) is 0 Å². The van der Waals surface area contributed by atoms with E-state index in [0.717, 1.165) is 18.4 Å². The van der Waals surface area contributed by atoms with E-state index < -0.39 is 10.0 Å². The highest BCUT2D eigenvalue weighted by molar-refractivity contribution is 7.92. The van der Waals surface area contributed by atoms with Crippen molar-refractivity contribution in [2.45, 2.75) is 32.3 Å². The van der Waals surface area contributed by atoms with Crippen LogP contribution in [0.4, 0.5) is 5.69 Å². The minimum absolute atomic E-state index is 0.0471. The van der Waals surface area contributed by atoms with Crippen LogP contribution < -0.4 is 10.0 Å². The maximum Gasteiger partial charge on any atom is 0.237 e. The van der Waals surface area contributed by atoms with Crippen molar-refractivity contribution in [2.24, 2.45) is 5.73 Å². The number of ether oxygens (including phenoxy) is 1. The number of hydrogen-bond donors (Lipinski definition) is 1. The van der Waals surface area contributed by atoms with Crippen LogP contribution in [0.2, 0.25) is 0 Å². The first-order chi connectivity index (χ1) is 10.0. The highest BCUT2D eigenvalue weighted by atomic mass is 32.2. The lowest BCUT2D eigenvalue weighted by Gasteiger charge is -2.26. The molecule has 1 fully saturated rings. The second-order valence-corrected chi connectivity index (χ2v) is 7.40. The minimum Gasteiger partial charge on any atom is -0.377 e. The molecular formula is C15H24N2O3S. The van der Waals surface area contributed by atoms with Gasteiger partial charge in [-0.15, -0.1) is 0 Å². The zero-order chi connectivity index (χ0) is 15.3. The van der Waals surface area contributed by atoms with Crippen LogP contribution in [0.1, 0.15) is 24.8 Å². The van der Waals surface area contributed by atoms with Gasteiger partial charge in [0.2, 0.25) is 10.0 Å². The van der Waals surface area contributed by atoms with Crippen molar-refractivity contribution >= 4 is 15.7 Å². The molecule has 21 heavy (non-hydrogen) atoms. The van der Waals surface area contributed by atoms with Gasteiger partial charge in [0.1, 0.15) is 0 Å². The van der Waals surface area contributed by atoms with E-state index in [4.69, 9.17) is 10.5 Å². The first-order valence-corrected chi connectivity index (χ1v) is 9.02. The van der Waals surface area contributed by atoms with Gasteiger partial charge in [-0.05, 0) is 50.4 Å². The fraction of sp³-hybridized carbons (Fsp3) is 0.600. The molecule has 2 rings (SSSR count). The summed E-state index contributed by atoms with van der Waals surface area (Å²) in [7, 11) is -3.40. The molecule has 1 aliphatic heterocycles. The summed E-state index contributed by atoms with van der Waals surface area (Å²) in [5.41, 5.74) is 7.29. The average Bonchev–Trinajstić information content (AvgIpc) is 2.91. The molecule has 1 saturated heterocycles. The Morgan fingerprint density at radius 2 is 2.24 bits per heavy atom. The highest BCUT2D eigenvalue weighted by Crippen LogP contribution is 2.23. The Morgan fingerprint density at radius 1 is 1.43 bits per heavy atom. The Morgan fingerprint density at radius 3 is 2.86 bits per heavy atom. The Balaban J connectivity index is 2.21. The monoisotopic (exact) mass is 312 g/mol. The van der Waals surface area contributed by atoms with Crippen molar-refractivity contribution in [3.05, 3.63) is 29.8 Å². The van der Waals surface area contributed by atoms with E-state index in [1.807, 2.05) is 31.2 Å². The number of nitrogens with two attached hydrogens (primary N) is 1. The molecule has 0 saturated carbocycles. The Hall–Kier alpha value is -1.11. The summed E-state index contributed by atoms with van der Waals surface area (Å²) in [4.78, 5) is 0. The van der Waals surface area contributed by atoms with Gasteiger partial charge in [0.25, 0.3) is 0 Å². The number of aryl methyl sites for hydroxylation is 1. The summed E-state index contributed by atoms with van der Waals surface area (Å²) < 4.78 is 32.4. The molecule has 1 unspecified atom stereocenters.